The first kappa shape index (κ1) is 19.6. The largest absolute Gasteiger partial charge is 0.373 e. The zero-order chi connectivity index (χ0) is 18.4. The predicted octanol–water partition coefficient (Wildman–Crippen LogP) is 1.39. The van der Waals surface area contributed by atoms with Crippen molar-refractivity contribution in [1.29, 1.82) is 0 Å². The lowest BCUT2D eigenvalue weighted by Crippen LogP contribution is -2.49. The number of nitrogens with zero attached hydrogens (tertiary/aromatic N) is 1. The topological polar surface area (TPSA) is 75.7 Å². The molecule has 6 nitrogen and oxygen atoms in total. The Hall–Kier alpha value is -1.77. The maximum Gasteiger partial charge on any atom is 0.244 e. The van der Waals surface area contributed by atoms with Crippen molar-refractivity contribution in [3.8, 4) is 0 Å². The van der Waals surface area contributed by atoms with Crippen molar-refractivity contribution in [2.24, 2.45) is 0 Å². The molecule has 2 rings (SSSR count). The molecule has 0 saturated carbocycles. The van der Waals surface area contributed by atoms with Crippen molar-refractivity contribution in [3.63, 3.8) is 0 Å². The second kappa shape index (κ2) is 8.55. The molecule has 1 aromatic rings. The second-order valence-electron chi connectivity index (χ2n) is 6.07. The fourth-order valence-corrected chi connectivity index (χ4v) is 4.12. The molecule has 1 amide bonds. The van der Waals surface area contributed by atoms with Crippen LogP contribution in [-0.4, -0.2) is 56.2 Å². The van der Waals surface area contributed by atoms with Crippen LogP contribution in [0, 0.1) is 5.82 Å². The first-order chi connectivity index (χ1) is 11.8. The van der Waals surface area contributed by atoms with Gasteiger partial charge in [-0.05, 0) is 37.6 Å². The molecular weight excluding hydrogens is 347 g/mol. The lowest BCUT2D eigenvalue weighted by molar-refractivity contribution is -0.116. The van der Waals surface area contributed by atoms with Gasteiger partial charge < -0.3 is 10.1 Å². The fraction of sp³-hybridized carbons (Fsp3) is 0.471. The van der Waals surface area contributed by atoms with E-state index in [9.17, 15) is 17.6 Å². The smallest absolute Gasteiger partial charge is 0.244 e. The number of sulfonamides is 1. The van der Waals surface area contributed by atoms with Crippen LogP contribution in [0.5, 0.6) is 0 Å². The molecule has 138 valence electrons. The number of hydrogen-bond donors (Lipinski definition) is 1. The average molecular weight is 370 g/mol. The Morgan fingerprint density at radius 2 is 2.04 bits per heavy atom. The number of amides is 1. The zero-order valence-electron chi connectivity index (χ0n) is 14.3. The Morgan fingerprint density at radius 1 is 1.36 bits per heavy atom. The fourth-order valence-electron chi connectivity index (χ4n) is 2.63. The highest BCUT2D eigenvalue weighted by Crippen LogP contribution is 2.14. The van der Waals surface area contributed by atoms with Gasteiger partial charge in [0.1, 0.15) is 5.82 Å². The van der Waals surface area contributed by atoms with E-state index in [4.69, 9.17) is 4.74 Å². The number of halogens is 1. The van der Waals surface area contributed by atoms with Crippen LogP contribution in [0.4, 0.5) is 4.39 Å². The summed E-state index contributed by atoms with van der Waals surface area (Å²) in [5.74, 6) is -0.989. The van der Waals surface area contributed by atoms with E-state index in [1.807, 2.05) is 13.8 Å². The van der Waals surface area contributed by atoms with Gasteiger partial charge in [-0.2, -0.15) is 4.31 Å². The molecule has 2 atom stereocenters. The highest BCUT2D eigenvalue weighted by atomic mass is 32.2. The number of rotatable bonds is 6. The molecule has 1 aromatic carbocycles. The lowest BCUT2D eigenvalue weighted by atomic mass is 10.2. The summed E-state index contributed by atoms with van der Waals surface area (Å²) >= 11 is 0. The van der Waals surface area contributed by atoms with Gasteiger partial charge in [0.25, 0.3) is 0 Å². The number of carbonyl (C=O) groups is 1. The van der Waals surface area contributed by atoms with Gasteiger partial charge in [0, 0.05) is 25.7 Å². The quantitative estimate of drug-likeness (QED) is 0.768. The molecule has 8 heteroatoms. The molecule has 1 saturated heterocycles. The molecule has 0 spiro atoms. The van der Waals surface area contributed by atoms with E-state index < -0.39 is 15.9 Å². The van der Waals surface area contributed by atoms with Gasteiger partial charge >= 0.3 is 0 Å². The average Bonchev–Trinajstić information content (AvgIpc) is 2.52. The molecule has 1 N–H and O–H groups in total. The summed E-state index contributed by atoms with van der Waals surface area (Å²) in [6.07, 6.45) is 2.42. The number of hydrogen-bond acceptors (Lipinski definition) is 4. The normalized spacial score (nSPS) is 22.2. The summed E-state index contributed by atoms with van der Waals surface area (Å²) in [6, 6.07) is 5.83. The SMILES string of the molecule is CC1CN(S(=O)(=O)CCNC(=O)/C=C/c2cccc(F)c2)CC(C)O1. The second-order valence-corrected chi connectivity index (χ2v) is 8.16. The molecule has 0 aliphatic carbocycles. The molecule has 2 unspecified atom stereocenters. The van der Waals surface area contributed by atoms with E-state index in [0.29, 0.717) is 18.7 Å². The predicted molar refractivity (Wildman–Crippen MR) is 93.8 cm³/mol. The van der Waals surface area contributed by atoms with Crippen molar-refractivity contribution >= 4 is 22.0 Å². The van der Waals surface area contributed by atoms with Gasteiger partial charge in [-0.15, -0.1) is 0 Å². The number of morpholine rings is 1. The Labute approximate surface area is 147 Å². The molecule has 0 bridgehead atoms. The molecule has 1 heterocycles. The van der Waals surface area contributed by atoms with E-state index in [1.54, 1.807) is 12.1 Å². The van der Waals surface area contributed by atoms with Gasteiger partial charge in [-0.25, -0.2) is 12.8 Å². The maximum atomic E-state index is 13.0. The van der Waals surface area contributed by atoms with Crippen LogP contribution in [0.1, 0.15) is 19.4 Å². The Kier molecular flexibility index (Phi) is 6.69. The summed E-state index contributed by atoms with van der Waals surface area (Å²) in [4.78, 5) is 11.7. The highest BCUT2D eigenvalue weighted by Gasteiger charge is 2.30. The summed E-state index contributed by atoms with van der Waals surface area (Å²) in [6.45, 7) is 4.31. The van der Waals surface area contributed by atoms with Crippen molar-refractivity contribution in [2.45, 2.75) is 26.1 Å². The van der Waals surface area contributed by atoms with Gasteiger partial charge in [-0.3, -0.25) is 4.79 Å². The standard InChI is InChI=1S/C17H23FN2O4S/c1-13-11-20(12-14(2)24-13)25(22,23)9-8-19-17(21)7-6-15-4-3-5-16(18)10-15/h3-7,10,13-14H,8-9,11-12H2,1-2H3,(H,19,21)/b7-6+. The Morgan fingerprint density at radius 3 is 2.68 bits per heavy atom. The van der Waals surface area contributed by atoms with Crippen LogP contribution >= 0.6 is 0 Å². The van der Waals surface area contributed by atoms with E-state index in [-0.39, 0.29) is 30.3 Å². The molecule has 25 heavy (non-hydrogen) atoms. The van der Waals surface area contributed by atoms with Crippen molar-refractivity contribution in [3.05, 3.63) is 41.7 Å². The van der Waals surface area contributed by atoms with E-state index >= 15 is 0 Å². The number of benzene rings is 1. The van der Waals surface area contributed by atoms with Crippen LogP contribution in [0.15, 0.2) is 30.3 Å². The minimum absolute atomic E-state index is 0.00871. The van der Waals surface area contributed by atoms with Crippen LogP contribution in [0.2, 0.25) is 0 Å². The summed E-state index contributed by atoms with van der Waals surface area (Å²) in [5.41, 5.74) is 0.555. The van der Waals surface area contributed by atoms with Crippen LogP contribution in [0.3, 0.4) is 0 Å². The summed E-state index contributed by atoms with van der Waals surface area (Å²) in [7, 11) is -3.45. The van der Waals surface area contributed by atoms with Gasteiger partial charge in [0.15, 0.2) is 0 Å². The van der Waals surface area contributed by atoms with Crippen molar-refractivity contribution < 1.29 is 22.3 Å². The van der Waals surface area contributed by atoms with Crippen molar-refractivity contribution in [2.75, 3.05) is 25.4 Å². The van der Waals surface area contributed by atoms with Crippen LogP contribution < -0.4 is 5.32 Å². The summed E-state index contributed by atoms with van der Waals surface area (Å²) < 4.78 is 44.6. The Balaban J connectivity index is 1.82. The summed E-state index contributed by atoms with van der Waals surface area (Å²) in [5, 5.41) is 2.53. The third kappa shape index (κ3) is 6.22. The number of ether oxygens (including phenoxy) is 1. The molecule has 0 radical (unpaired) electrons. The third-order valence-electron chi connectivity index (χ3n) is 3.71. The molecule has 1 aliphatic rings. The number of nitrogens with one attached hydrogen (secondary N) is 1. The zero-order valence-corrected chi connectivity index (χ0v) is 15.1. The monoisotopic (exact) mass is 370 g/mol. The van der Waals surface area contributed by atoms with Crippen molar-refractivity contribution in [1.82, 2.24) is 9.62 Å². The van der Waals surface area contributed by atoms with E-state index in [0.717, 1.165) is 0 Å². The first-order valence-electron chi connectivity index (χ1n) is 8.11. The highest BCUT2D eigenvalue weighted by molar-refractivity contribution is 7.89. The molecule has 1 aliphatic heterocycles. The molecule has 0 aromatic heterocycles. The third-order valence-corrected chi connectivity index (χ3v) is 5.52. The number of carbonyl (C=O) groups excluding carboxylic acids is 1. The lowest BCUT2D eigenvalue weighted by Gasteiger charge is -2.34. The van der Waals surface area contributed by atoms with Crippen LogP contribution in [0.25, 0.3) is 6.08 Å². The van der Waals surface area contributed by atoms with Gasteiger partial charge in [0.2, 0.25) is 15.9 Å². The molecular formula is C17H23FN2O4S. The van der Waals surface area contributed by atoms with E-state index in [2.05, 4.69) is 5.32 Å². The molecule has 1 fully saturated rings. The van der Waals surface area contributed by atoms with Gasteiger partial charge in [0.05, 0.1) is 18.0 Å². The first-order valence-corrected chi connectivity index (χ1v) is 9.72. The maximum absolute atomic E-state index is 13.0. The van der Waals surface area contributed by atoms with Gasteiger partial charge in [-0.1, -0.05) is 12.1 Å². The van der Waals surface area contributed by atoms with E-state index in [1.165, 1.54) is 28.6 Å². The Bertz CT molecular complexity index is 726. The minimum Gasteiger partial charge on any atom is -0.373 e. The van der Waals surface area contributed by atoms with Crippen LogP contribution in [-0.2, 0) is 19.6 Å². The minimum atomic E-state index is -3.45.